The van der Waals surface area contributed by atoms with E-state index in [1.807, 2.05) is 12.4 Å². The minimum atomic E-state index is 0.104. The van der Waals surface area contributed by atoms with Crippen molar-refractivity contribution in [3.63, 3.8) is 0 Å². The zero-order valence-electron chi connectivity index (χ0n) is 10.9. The zero-order valence-corrected chi connectivity index (χ0v) is 10.9. The van der Waals surface area contributed by atoms with Gasteiger partial charge in [0.05, 0.1) is 0 Å². The summed E-state index contributed by atoms with van der Waals surface area (Å²) < 4.78 is 0. The molecule has 0 bridgehead atoms. The smallest absolute Gasteiger partial charge is 0.115 e. The summed E-state index contributed by atoms with van der Waals surface area (Å²) in [6, 6.07) is 0.104. The summed E-state index contributed by atoms with van der Waals surface area (Å²) in [5, 5.41) is 0. The Labute approximate surface area is 105 Å². The van der Waals surface area contributed by atoms with Gasteiger partial charge >= 0.3 is 0 Å². The summed E-state index contributed by atoms with van der Waals surface area (Å²) in [6.07, 6.45) is 15.5. The summed E-state index contributed by atoms with van der Waals surface area (Å²) in [4.78, 5) is 7.99. The summed E-state index contributed by atoms with van der Waals surface area (Å²) in [5.41, 5.74) is 7.13. The van der Waals surface area contributed by atoms with E-state index in [2.05, 4.69) is 16.9 Å². The van der Waals surface area contributed by atoms with E-state index < -0.39 is 0 Å². The van der Waals surface area contributed by atoms with Crippen LogP contribution in [-0.4, -0.2) is 9.97 Å². The molecule has 0 amide bonds. The second-order valence-electron chi connectivity index (χ2n) is 4.69. The van der Waals surface area contributed by atoms with Crippen molar-refractivity contribution in [2.24, 2.45) is 5.73 Å². The lowest BCUT2D eigenvalue weighted by Gasteiger charge is -2.10. The van der Waals surface area contributed by atoms with Gasteiger partial charge < -0.3 is 5.73 Å². The van der Waals surface area contributed by atoms with Gasteiger partial charge in [0.25, 0.3) is 0 Å². The molecule has 0 saturated heterocycles. The van der Waals surface area contributed by atoms with Crippen LogP contribution < -0.4 is 5.73 Å². The molecule has 2 N–H and O–H groups in total. The van der Waals surface area contributed by atoms with Gasteiger partial charge in [0, 0.05) is 24.0 Å². The fraction of sp³-hybridized carbons (Fsp3) is 0.714. The molecule has 0 spiro atoms. The predicted molar refractivity (Wildman–Crippen MR) is 71.6 cm³/mol. The highest BCUT2D eigenvalue weighted by atomic mass is 14.8. The van der Waals surface area contributed by atoms with Crippen molar-refractivity contribution in [1.29, 1.82) is 0 Å². The number of aromatic nitrogens is 2. The third kappa shape index (κ3) is 6.37. The molecule has 0 saturated carbocycles. The van der Waals surface area contributed by atoms with Crippen molar-refractivity contribution < 1.29 is 0 Å². The molecule has 0 aliphatic rings. The highest BCUT2D eigenvalue weighted by molar-refractivity contribution is 5.07. The molecule has 1 unspecified atom stereocenters. The van der Waals surface area contributed by atoms with E-state index >= 15 is 0 Å². The molecule has 3 heteroatoms. The van der Waals surface area contributed by atoms with Crippen molar-refractivity contribution >= 4 is 0 Å². The SMILES string of the molecule is CCCCCCCCCC(N)c1cncnc1. The van der Waals surface area contributed by atoms with Gasteiger partial charge in [-0.25, -0.2) is 9.97 Å². The van der Waals surface area contributed by atoms with Crippen LogP contribution in [0.2, 0.25) is 0 Å². The molecular weight excluding hydrogens is 210 g/mol. The maximum Gasteiger partial charge on any atom is 0.115 e. The first-order valence-corrected chi connectivity index (χ1v) is 6.85. The number of nitrogens with zero attached hydrogens (tertiary/aromatic N) is 2. The molecule has 96 valence electrons. The van der Waals surface area contributed by atoms with Crippen LogP contribution in [-0.2, 0) is 0 Å². The Bertz CT molecular complexity index is 274. The van der Waals surface area contributed by atoms with Crippen molar-refractivity contribution in [2.45, 2.75) is 64.3 Å². The van der Waals surface area contributed by atoms with E-state index in [9.17, 15) is 0 Å². The largest absolute Gasteiger partial charge is 0.324 e. The second-order valence-corrected chi connectivity index (χ2v) is 4.69. The summed E-state index contributed by atoms with van der Waals surface area (Å²) in [7, 11) is 0. The minimum Gasteiger partial charge on any atom is -0.324 e. The third-order valence-corrected chi connectivity index (χ3v) is 3.13. The third-order valence-electron chi connectivity index (χ3n) is 3.13. The maximum absolute atomic E-state index is 6.08. The van der Waals surface area contributed by atoms with Gasteiger partial charge in [0.1, 0.15) is 6.33 Å². The Balaban J connectivity index is 2.03. The molecule has 1 aromatic rings. The molecule has 0 radical (unpaired) electrons. The lowest BCUT2D eigenvalue weighted by Crippen LogP contribution is -2.10. The lowest BCUT2D eigenvalue weighted by molar-refractivity contribution is 0.539. The molecule has 0 aromatic carbocycles. The molecule has 1 atom stereocenters. The minimum absolute atomic E-state index is 0.104. The van der Waals surface area contributed by atoms with Crippen LogP contribution in [0.5, 0.6) is 0 Å². The number of hydrogen-bond donors (Lipinski definition) is 1. The Kier molecular flexibility index (Phi) is 7.56. The summed E-state index contributed by atoms with van der Waals surface area (Å²) in [5.74, 6) is 0. The fourth-order valence-corrected chi connectivity index (χ4v) is 1.99. The number of hydrogen-bond acceptors (Lipinski definition) is 3. The summed E-state index contributed by atoms with van der Waals surface area (Å²) >= 11 is 0. The standard InChI is InChI=1S/C14H25N3/c1-2-3-4-5-6-7-8-9-14(15)13-10-16-12-17-11-13/h10-12,14H,2-9,15H2,1H3. The van der Waals surface area contributed by atoms with Gasteiger partial charge in [-0.1, -0.05) is 51.9 Å². The first-order valence-electron chi connectivity index (χ1n) is 6.85. The fourth-order valence-electron chi connectivity index (χ4n) is 1.99. The maximum atomic E-state index is 6.08. The Morgan fingerprint density at radius 1 is 1.00 bits per heavy atom. The first kappa shape index (κ1) is 14.1. The molecule has 0 aliphatic heterocycles. The monoisotopic (exact) mass is 235 g/mol. The van der Waals surface area contributed by atoms with Crippen molar-refractivity contribution in [3.8, 4) is 0 Å². The average Bonchev–Trinajstić information content (AvgIpc) is 2.38. The van der Waals surface area contributed by atoms with Gasteiger partial charge in [-0.15, -0.1) is 0 Å². The highest BCUT2D eigenvalue weighted by Gasteiger charge is 2.05. The number of unbranched alkanes of at least 4 members (excludes halogenated alkanes) is 6. The predicted octanol–water partition coefficient (Wildman–Crippen LogP) is 3.62. The van der Waals surface area contributed by atoms with Crippen LogP contribution in [0.4, 0.5) is 0 Å². The average molecular weight is 235 g/mol. The summed E-state index contributed by atoms with van der Waals surface area (Å²) in [6.45, 7) is 2.25. The van der Waals surface area contributed by atoms with Crippen molar-refractivity contribution in [1.82, 2.24) is 9.97 Å². The van der Waals surface area contributed by atoms with E-state index in [-0.39, 0.29) is 6.04 Å². The molecule has 1 rings (SSSR count). The van der Waals surface area contributed by atoms with E-state index in [0.717, 1.165) is 12.0 Å². The molecule has 1 aromatic heterocycles. The van der Waals surface area contributed by atoms with Crippen LogP contribution in [0.3, 0.4) is 0 Å². The van der Waals surface area contributed by atoms with E-state index in [1.54, 1.807) is 6.33 Å². The molecule has 0 aliphatic carbocycles. The van der Waals surface area contributed by atoms with E-state index in [4.69, 9.17) is 5.73 Å². The van der Waals surface area contributed by atoms with Gasteiger partial charge in [0.2, 0.25) is 0 Å². The number of rotatable bonds is 9. The van der Waals surface area contributed by atoms with Crippen LogP contribution in [0.1, 0.15) is 69.9 Å². The normalized spacial score (nSPS) is 12.6. The Morgan fingerprint density at radius 3 is 2.24 bits per heavy atom. The molecule has 3 nitrogen and oxygen atoms in total. The van der Waals surface area contributed by atoms with Gasteiger partial charge in [-0.05, 0) is 6.42 Å². The topological polar surface area (TPSA) is 51.8 Å². The molecule has 1 heterocycles. The van der Waals surface area contributed by atoms with Crippen molar-refractivity contribution in [3.05, 3.63) is 24.3 Å². The number of nitrogens with two attached hydrogens (primary N) is 1. The zero-order chi connectivity index (χ0) is 12.3. The van der Waals surface area contributed by atoms with Crippen LogP contribution in [0.15, 0.2) is 18.7 Å². The Morgan fingerprint density at radius 2 is 1.59 bits per heavy atom. The van der Waals surface area contributed by atoms with Gasteiger partial charge in [-0.2, -0.15) is 0 Å². The van der Waals surface area contributed by atoms with E-state index in [0.29, 0.717) is 0 Å². The highest BCUT2D eigenvalue weighted by Crippen LogP contribution is 2.16. The molecule has 0 fully saturated rings. The molecular formula is C14H25N3. The van der Waals surface area contributed by atoms with E-state index in [1.165, 1.54) is 44.9 Å². The second kappa shape index (κ2) is 9.11. The van der Waals surface area contributed by atoms with Crippen LogP contribution in [0.25, 0.3) is 0 Å². The van der Waals surface area contributed by atoms with Crippen LogP contribution in [0, 0.1) is 0 Å². The Hall–Kier alpha value is -0.960. The lowest BCUT2D eigenvalue weighted by atomic mass is 10.0. The first-order chi connectivity index (χ1) is 8.34. The van der Waals surface area contributed by atoms with Gasteiger partial charge in [-0.3, -0.25) is 0 Å². The van der Waals surface area contributed by atoms with Crippen molar-refractivity contribution in [2.75, 3.05) is 0 Å². The molecule has 17 heavy (non-hydrogen) atoms. The van der Waals surface area contributed by atoms with Crippen LogP contribution >= 0.6 is 0 Å². The quantitative estimate of drug-likeness (QED) is 0.665. The van der Waals surface area contributed by atoms with Gasteiger partial charge in [0.15, 0.2) is 0 Å².